The van der Waals surface area contributed by atoms with E-state index in [1.54, 1.807) is 0 Å². The van der Waals surface area contributed by atoms with Crippen molar-refractivity contribution in [1.29, 1.82) is 0 Å². The molecule has 0 radical (unpaired) electrons. The fraction of sp³-hybridized carbons (Fsp3) is 0.500. The van der Waals surface area contributed by atoms with Crippen LogP contribution in [0.15, 0.2) is 43.0 Å². The van der Waals surface area contributed by atoms with Gasteiger partial charge in [-0.1, -0.05) is 30.3 Å². The summed E-state index contributed by atoms with van der Waals surface area (Å²) in [6, 6.07) is 10.8. The molecule has 0 spiro atoms. The molecule has 1 unspecified atom stereocenters. The number of anilines is 1. The maximum absolute atomic E-state index is 5.95. The molecule has 1 aromatic carbocycles. The SMILES string of the molecule is CC1(C)CC(CCNc2ncncn2)(c2ccccc2)CCO1. The average molecular weight is 312 g/mol. The zero-order chi connectivity index (χ0) is 16.2. The van der Waals surface area contributed by atoms with Crippen molar-refractivity contribution in [3.63, 3.8) is 0 Å². The third-order valence-corrected chi connectivity index (χ3v) is 4.60. The third kappa shape index (κ3) is 3.85. The topological polar surface area (TPSA) is 59.9 Å². The van der Waals surface area contributed by atoms with E-state index in [0.29, 0.717) is 5.95 Å². The van der Waals surface area contributed by atoms with Crippen molar-refractivity contribution in [3.05, 3.63) is 48.5 Å². The molecule has 2 heterocycles. The van der Waals surface area contributed by atoms with Crippen LogP contribution < -0.4 is 5.32 Å². The van der Waals surface area contributed by atoms with Gasteiger partial charge in [0.05, 0.1) is 5.60 Å². The Morgan fingerprint density at radius 3 is 2.57 bits per heavy atom. The van der Waals surface area contributed by atoms with Crippen LogP contribution in [0.5, 0.6) is 0 Å². The fourth-order valence-electron chi connectivity index (χ4n) is 3.62. The largest absolute Gasteiger partial charge is 0.376 e. The summed E-state index contributed by atoms with van der Waals surface area (Å²) < 4.78 is 5.95. The summed E-state index contributed by atoms with van der Waals surface area (Å²) in [5.74, 6) is 0.634. The zero-order valence-corrected chi connectivity index (χ0v) is 13.8. The summed E-state index contributed by atoms with van der Waals surface area (Å²) in [5, 5.41) is 3.31. The van der Waals surface area contributed by atoms with E-state index in [4.69, 9.17) is 4.74 Å². The molecule has 1 aliphatic heterocycles. The summed E-state index contributed by atoms with van der Waals surface area (Å²) in [6.07, 6.45) is 6.11. The van der Waals surface area contributed by atoms with Crippen LogP contribution in [0.3, 0.4) is 0 Å². The van der Waals surface area contributed by atoms with Crippen LogP contribution in [-0.2, 0) is 10.2 Å². The Hall–Kier alpha value is -2.01. The standard InChI is InChI=1S/C18H24N4O/c1-17(2)12-18(9-11-23-17,15-6-4-3-5-7-15)8-10-20-16-21-13-19-14-22-16/h3-7,13-14H,8-12H2,1-2H3,(H,19,20,21,22). The maximum Gasteiger partial charge on any atom is 0.225 e. The smallest absolute Gasteiger partial charge is 0.225 e. The van der Waals surface area contributed by atoms with Crippen LogP contribution in [0.2, 0.25) is 0 Å². The molecule has 0 saturated carbocycles. The predicted molar refractivity (Wildman–Crippen MR) is 90.3 cm³/mol. The number of hydrogen-bond donors (Lipinski definition) is 1. The lowest BCUT2D eigenvalue weighted by molar-refractivity contribution is -0.0835. The van der Waals surface area contributed by atoms with Crippen molar-refractivity contribution in [2.75, 3.05) is 18.5 Å². The van der Waals surface area contributed by atoms with Gasteiger partial charge in [-0.2, -0.15) is 0 Å². The first-order valence-corrected chi connectivity index (χ1v) is 8.15. The number of ether oxygens (including phenoxy) is 1. The van der Waals surface area contributed by atoms with Crippen molar-refractivity contribution in [3.8, 4) is 0 Å². The van der Waals surface area contributed by atoms with E-state index >= 15 is 0 Å². The highest BCUT2D eigenvalue weighted by Gasteiger charge is 2.41. The van der Waals surface area contributed by atoms with Gasteiger partial charge in [-0.25, -0.2) is 15.0 Å². The van der Waals surface area contributed by atoms with Gasteiger partial charge in [0.2, 0.25) is 5.95 Å². The molecule has 1 aromatic heterocycles. The van der Waals surface area contributed by atoms with Crippen molar-refractivity contribution >= 4 is 5.95 Å². The van der Waals surface area contributed by atoms with Gasteiger partial charge >= 0.3 is 0 Å². The monoisotopic (exact) mass is 312 g/mol. The molecule has 23 heavy (non-hydrogen) atoms. The highest BCUT2D eigenvalue weighted by atomic mass is 16.5. The predicted octanol–water partition coefficient (Wildman–Crippen LogP) is 3.20. The molecule has 0 bridgehead atoms. The Kier molecular flexibility index (Phi) is 4.57. The first kappa shape index (κ1) is 15.9. The number of benzene rings is 1. The molecule has 0 aliphatic carbocycles. The number of nitrogens with zero attached hydrogens (tertiary/aromatic N) is 3. The van der Waals surface area contributed by atoms with Gasteiger partial charge < -0.3 is 10.1 Å². The van der Waals surface area contributed by atoms with Crippen molar-refractivity contribution in [2.45, 2.75) is 44.1 Å². The van der Waals surface area contributed by atoms with E-state index in [-0.39, 0.29) is 11.0 Å². The first-order chi connectivity index (χ1) is 11.1. The van der Waals surface area contributed by atoms with Crippen LogP contribution >= 0.6 is 0 Å². The quantitative estimate of drug-likeness (QED) is 0.918. The number of hydrogen-bond acceptors (Lipinski definition) is 5. The molecule has 5 nitrogen and oxygen atoms in total. The minimum absolute atomic E-state index is 0.0960. The fourth-order valence-corrected chi connectivity index (χ4v) is 3.62. The molecule has 1 fully saturated rings. The molecule has 2 aromatic rings. The lowest BCUT2D eigenvalue weighted by atomic mass is 9.67. The summed E-state index contributed by atoms with van der Waals surface area (Å²) in [7, 11) is 0. The van der Waals surface area contributed by atoms with Gasteiger partial charge in [0.1, 0.15) is 12.7 Å². The summed E-state index contributed by atoms with van der Waals surface area (Å²) in [5.41, 5.74) is 1.43. The molecule has 122 valence electrons. The molecule has 5 heteroatoms. The molecule has 0 amide bonds. The van der Waals surface area contributed by atoms with E-state index < -0.39 is 0 Å². The van der Waals surface area contributed by atoms with Crippen LogP contribution in [0.4, 0.5) is 5.95 Å². The van der Waals surface area contributed by atoms with Gasteiger partial charge in [0.15, 0.2) is 0 Å². The van der Waals surface area contributed by atoms with Gasteiger partial charge in [-0.15, -0.1) is 0 Å². The van der Waals surface area contributed by atoms with Gasteiger partial charge in [0.25, 0.3) is 0 Å². The molecule has 1 saturated heterocycles. The van der Waals surface area contributed by atoms with E-state index in [1.165, 1.54) is 18.2 Å². The second-order valence-corrected chi connectivity index (χ2v) is 6.82. The van der Waals surface area contributed by atoms with Crippen LogP contribution in [0.25, 0.3) is 0 Å². The van der Waals surface area contributed by atoms with E-state index in [1.807, 2.05) is 0 Å². The van der Waals surface area contributed by atoms with Crippen LogP contribution in [0.1, 0.15) is 38.7 Å². The van der Waals surface area contributed by atoms with Gasteiger partial charge in [-0.05, 0) is 38.7 Å². The Morgan fingerprint density at radius 2 is 1.87 bits per heavy atom. The average Bonchev–Trinajstić information content (AvgIpc) is 2.56. The zero-order valence-electron chi connectivity index (χ0n) is 13.8. The lowest BCUT2D eigenvalue weighted by Gasteiger charge is -2.45. The van der Waals surface area contributed by atoms with Crippen LogP contribution in [0, 0.1) is 0 Å². The molecule has 1 atom stereocenters. The van der Waals surface area contributed by atoms with Gasteiger partial charge in [0, 0.05) is 18.6 Å². The molecule has 3 rings (SSSR count). The Labute approximate surface area is 137 Å². The second kappa shape index (κ2) is 6.62. The summed E-state index contributed by atoms with van der Waals surface area (Å²) in [4.78, 5) is 12.1. The number of aromatic nitrogens is 3. The molecule has 1 aliphatic rings. The maximum atomic E-state index is 5.95. The summed E-state index contributed by atoms with van der Waals surface area (Å²) in [6.45, 7) is 6.00. The number of nitrogens with one attached hydrogen (secondary N) is 1. The van der Waals surface area contributed by atoms with E-state index in [0.717, 1.165) is 32.4 Å². The van der Waals surface area contributed by atoms with Crippen molar-refractivity contribution in [1.82, 2.24) is 15.0 Å². The van der Waals surface area contributed by atoms with Crippen LogP contribution in [-0.4, -0.2) is 33.7 Å². The Bertz CT molecular complexity index is 617. The Balaban J connectivity index is 1.76. The first-order valence-electron chi connectivity index (χ1n) is 8.15. The summed E-state index contributed by atoms with van der Waals surface area (Å²) >= 11 is 0. The highest BCUT2D eigenvalue weighted by molar-refractivity contribution is 5.28. The lowest BCUT2D eigenvalue weighted by Crippen LogP contribution is -2.44. The second-order valence-electron chi connectivity index (χ2n) is 6.82. The highest BCUT2D eigenvalue weighted by Crippen LogP contribution is 2.43. The molecular formula is C18H24N4O. The third-order valence-electron chi connectivity index (χ3n) is 4.60. The molecule has 1 N–H and O–H groups in total. The minimum atomic E-state index is -0.0960. The normalized spacial score (nSPS) is 23.4. The van der Waals surface area contributed by atoms with Crippen molar-refractivity contribution in [2.24, 2.45) is 0 Å². The minimum Gasteiger partial charge on any atom is -0.376 e. The van der Waals surface area contributed by atoms with Crippen molar-refractivity contribution < 1.29 is 4.74 Å². The molecular weight excluding hydrogens is 288 g/mol. The number of rotatable bonds is 5. The van der Waals surface area contributed by atoms with E-state index in [9.17, 15) is 0 Å². The van der Waals surface area contributed by atoms with Gasteiger partial charge in [-0.3, -0.25) is 0 Å². The van der Waals surface area contributed by atoms with E-state index in [2.05, 4.69) is 64.4 Å². The Morgan fingerprint density at radius 1 is 1.13 bits per heavy atom.